The molecular formula is C28H27ClN4O3. The van der Waals surface area contributed by atoms with Crippen LogP contribution in [0.3, 0.4) is 0 Å². The normalized spacial score (nSPS) is 16.0. The number of rotatable bonds is 8. The fraction of sp³-hybridized carbons (Fsp3) is 0.250. The third kappa shape index (κ3) is 6.30. The first-order chi connectivity index (χ1) is 17.6. The van der Waals surface area contributed by atoms with Gasteiger partial charge in [-0.1, -0.05) is 59.2 Å². The number of halogens is 1. The largest absolute Gasteiger partial charge is 0.489 e. The summed E-state index contributed by atoms with van der Waals surface area (Å²) in [5.74, 6) is 1.70. The van der Waals surface area contributed by atoms with E-state index in [4.69, 9.17) is 20.9 Å². The molecule has 8 heteroatoms. The number of carbonyl (C=O) groups excluding carboxylic acids is 1. The van der Waals surface area contributed by atoms with Crippen molar-refractivity contribution in [2.75, 3.05) is 18.4 Å². The third-order valence-electron chi connectivity index (χ3n) is 6.16. The zero-order chi connectivity index (χ0) is 24.7. The highest BCUT2D eigenvalue weighted by Gasteiger charge is 2.27. The number of hydrogen-bond donors (Lipinski definition) is 1. The summed E-state index contributed by atoms with van der Waals surface area (Å²) in [7, 11) is 0. The summed E-state index contributed by atoms with van der Waals surface area (Å²) >= 11 is 6.07. The van der Waals surface area contributed by atoms with Crippen molar-refractivity contribution in [2.24, 2.45) is 5.92 Å². The topological polar surface area (TPSA) is 80.5 Å². The van der Waals surface area contributed by atoms with E-state index in [1.807, 2.05) is 66.7 Å². The van der Waals surface area contributed by atoms with Crippen LogP contribution in [0.1, 0.15) is 24.3 Å². The van der Waals surface area contributed by atoms with E-state index in [2.05, 4.69) is 20.4 Å². The van der Waals surface area contributed by atoms with Crippen LogP contribution in [-0.4, -0.2) is 34.0 Å². The van der Waals surface area contributed by atoms with Crippen LogP contribution in [-0.2, 0) is 17.9 Å². The fourth-order valence-electron chi connectivity index (χ4n) is 4.29. The smallest absolute Gasteiger partial charge is 0.241 e. The predicted octanol–water partition coefficient (Wildman–Crippen LogP) is 5.82. The lowest BCUT2D eigenvalue weighted by Gasteiger charge is -2.30. The van der Waals surface area contributed by atoms with Crippen molar-refractivity contribution in [3.05, 3.63) is 95.3 Å². The molecule has 36 heavy (non-hydrogen) atoms. The Morgan fingerprint density at radius 2 is 1.92 bits per heavy atom. The molecule has 0 radical (unpaired) electrons. The highest BCUT2D eigenvalue weighted by Crippen LogP contribution is 2.24. The van der Waals surface area contributed by atoms with E-state index in [0.717, 1.165) is 42.0 Å². The molecule has 7 nitrogen and oxygen atoms in total. The number of nitrogens with one attached hydrogen (secondary N) is 1. The summed E-state index contributed by atoms with van der Waals surface area (Å²) < 4.78 is 11.3. The Bertz CT molecular complexity index is 1290. The summed E-state index contributed by atoms with van der Waals surface area (Å²) in [6.45, 7) is 2.53. The molecule has 0 aliphatic carbocycles. The molecule has 0 spiro atoms. The zero-order valence-corrected chi connectivity index (χ0v) is 20.5. The Labute approximate surface area is 215 Å². The molecule has 3 aromatic carbocycles. The van der Waals surface area contributed by atoms with E-state index in [1.165, 1.54) is 0 Å². The van der Waals surface area contributed by atoms with Gasteiger partial charge < -0.3 is 14.6 Å². The molecule has 1 N–H and O–H groups in total. The minimum Gasteiger partial charge on any atom is -0.489 e. The number of benzene rings is 3. The minimum absolute atomic E-state index is 0.0165. The van der Waals surface area contributed by atoms with Crippen LogP contribution < -0.4 is 10.1 Å². The standard InChI is InChI=1S/C28H27ClN4O3/c29-23-10-4-8-21(16-23)27-31-26(36-32-27)18-33-15-5-9-22(17-33)28(34)30-24-11-13-25(14-12-24)35-19-20-6-2-1-3-7-20/h1-4,6-8,10-14,16,22H,5,9,15,17-19H2,(H,30,34). The molecule has 1 fully saturated rings. The summed E-state index contributed by atoms with van der Waals surface area (Å²) in [4.78, 5) is 19.6. The first-order valence-corrected chi connectivity index (χ1v) is 12.4. The number of aromatic nitrogens is 2. The van der Waals surface area contributed by atoms with Gasteiger partial charge in [0.05, 0.1) is 12.5 Å². The highest BCUT2D eigenvalue weighted by atomic mass is 35.5. The van der Waals surface area contributed by atoms with Gasteiger partial charge in [0.1, 0.15) is 12.4 Å². The van der Waals surface area contributed by atoms with Crippen LogP contribution in [0.15, 0.2) is 83.4 Å². The molecule has 5 rings (SSSR count). The molecule has 1 aliphatic heterocycles. The van der Waals surface area contributed by atoms with Gasteiger partial charge >= 0.3 is 0 Å². The van der Waals surface area contributed by atoms with Gasteiger partial charge in [-0.3, -0.25) is 9.69 Å². The quantitative estimate of drug-likeness (QED) is 0.327. The molecule has 2 heterocycles. The molecule has 184 valence electrons. The molecule has 0 bridgehead atoms. The second-order valence-electron chi connectivity index (χ2n) is 8.88. The van der Waals surface area contributed by atoms with E-state index in [0.29, 0.717) is 36.4 Å². The summed E-state index contributed by atoms with van der Waals surface area (Å²) in [6.07, 6.45) is 1.78. The second-order valence-corrected chi connectivity index (χ2v) is 9.32. The Kier molecular flexibility index (Phi) is 7.59. The molecular weight excluding hydrogens is 476 g/mol. The molecule has 4 aromatic rings. The van der Waals surface area contributed by atoms with E-state index >= 15 is 0 Å². The molecule has 1 saturated heterocycles. The van der Waals surface area contributed by atoms with Crippen molar-refractivity contribution in [2.45, 2.75) is 26.0 Å². The van der Waals surface area contributed by atoms with Crippen molar-refractivity contribution in [3.63, 3.8) is 0 Å². The molecule has 0 saturated carbocycles. The van der Waals surface area contributed by atoms with Crippen LogP contribution in [0, 0.1) is 5.92 Å². The lowest BCUT2D eigenvalue weighted by atomic mass is 9.97. The number of amides is 1. The van der Waals surface area contributed by atoms with Crippen molar-refractivity contribution < 1.29 is 14.1 Å². The summed E-state index contributed by atoms with van der Waals surface area (Å²) in [5.41, 5.74) is 2.68. The first kappa shape index (κ1) is 24.0. The van der Waals surface area contributed by atoms with Gasteiger partial charge in [0, 0.05) is 22.8 Å². The number of hydrogen-bond acceptors (Lipinski definition) is 6. The van der Waals surface area contributed by atoms with Gasteiger partial charge in [0.15, 0.2) is 0 Å². The third-order valence-corrected chi connectivity index (χ3v) is 6.39. The van der Waals surface area contributed by atoms with Gasteiger partial charge in [-0.25, -0.2) is 0 Å². The number of piperidine rings is 1. The Hall–Kier alpha value is -3.68. The minimum atomic E-state index is -0.108. The number of likely N-dealkylation sites (tertiary alicyclic amines) is 1. The molecule has 1 atom stereocenters. The second kappa shape index (κ2) is 11.4. The van der Waals surface area contributed by atoms with Gasteiger partial charge in [-0.2, -0.15) is 4.98 Å². The maximum atomic E-state index is 12.9. The first-order valence-electron chi connectivity index (χ1n) is 12.0. The van der Waals surface area contributed by atoms with E-state index < -0.39 is 0 Å². The van der Waals surface area contributed by atoms with Gasteiger partial charge in [-0.05, 0) is 61.3 Å². The average Bonchev–Trinajstić information content (AvgIpc) is 3.37. The van der Waals surface area contributed by atoms with Crippen molar-refractivity contribution in [3.8, 4) is 17.1 Å². The number of anilines is 1. The van der Waals surface area contributed by atoms with Crippen LogP contribution in [0.2, 0.25) is 5.02 Å². The van der Waals surface area contributed by atoms with Crippen molar-refractivity contribution >= 4 is 23.2 Å². The van der Waals surface area contributed by atoms with E-state index in [9.17, 15) is 4.79 Å². The lowest BCUT2D eigenvalue weighted by molar-refractivity contribution is -0.121. The van der Waals surface area contributed by atoms with Gasteiger partial charge in [0.2, 0.25) is 17.6 Å². The fourth-order valence-corrected chi connectivity index (χ4v) is 4.48. The molecule has 1 unspecified atom stereocenters. The zero-order valence-electron chi connectivity index (χ0n) is 19.8. The highest BCUT2D eigenvalue weighted by molar-refractivity contribution is 6.30. The maximum Gasteiger partial charge on any atom is 0.241 e. The SMILES string of the molecule is O=C(Nc1ccc(OCc2ccccc2)cc1)C1CCCN(Cc2nc(-c3cccc(Cl)c3)no2)C1. The van der Waals surface area contributed by atoms with Crippen LogP contribution in [0.5, 0.6) is 5.75 Å². The average molecular weight is 503 g/mol. The summed E-state index contributed by atoms with van der Waals surface area (Å²) in [6, 6.07) is 24.9. The van der Waals surface area contributed by atoms with E-state index in [1.54, 1.807) is 12.1 Å². The summed E-state index contributed by atoms with van der Waals surface area (Å²) in [5, 5.41) is 7.75. The molecule has 1 aliphatic rings. The van der Waals surface area contributed by atoms with E-state index in [-0.39, 0.29) is 11.8 Å². The monoisotopic (exact) mass is 502 g/mol. The van der Waals surface area contributed by atoms with Gasteiger partial charge in [0.25, 0.3) is 0 Å². The Balaban J connectivity index is 1.12. The van der Waals surface area contributed by atoms with Crippen molar-refractivity contribution in [1.29, 1.82) is 0 Å². The maximum absolute atomic E-state index is 12.9. The molecule has 1 aromatic heterocycles. The lowest BCUT2D eigenvalue weighted by Crippen LogP contribution is -2.40. The van der Waals surface area contributed by atoms with Crippen LogP contribution in [0.4, 0.5) is 5.69 Å². The van der Waals surface area contributed by atoms with Crippen LogP contribution >= 0.6 is 11.6 Å². The molecule has 1 amide bonds. The van der Waals surface area contributed by atoms with Crippen LogP contribution in [0.25, 0.3) is 11.4 Å². The van der Waals surface area contributed by atoms with Crippen molar-refractivity contribution in [1.82, 2.24) is 15.0 Å². The Morgan fingerprint density at radius 3 is 2.72 bits per heavy atom. The number of ether oxygens (including phenoxy) is 1. The Morgan fingerprint density at radius 1 is 1.08 bits per heavy atom. The number of carbonyl (C=O) groups is 1. The number of nitrogens with zero attached hydrogens (tertiary/aromatic N) is 3. The predicted molar refractivity (Wildman–Crippen MR) is 139 cm³/mol. The van der Waals surface area contributed by atoms with Gasteiger partial charge in [-0.15, -0.1) is 0 Å².